The number of hydrogen-bond acceptors (Lipinski definition) is 2. The van der Waals surface area contributed by atoms with Crippen LogP contribution in [0.2, 0.25) is 10.0 Å². The molecule has 98 valence electrons. The smallest absolute Gasteiger partial charge is 0.188 e. The lowest BCUT2D eigenvalue weighted by atomic mass is 10.1. The Morgan fingerprint density at radius 3 is 2.00 bits per heavy atom. The topological polar surface area (TPSA) is 26.3 Å². The third kappa shape index (κ3) is 4.35. The van der Waals surface area contributed by atoms with Crippen molar-refractivity contribution in [1.29, 1.82) is 0 Å². The standard InChI is InChI=1S/C15H12Cl2O2/c16-13-5-1-11(2-6-13)9-19-10-15(18)12-3-7-14(17)8-4-12/h1-8H,9-10H2. The number of carbonyl (C=O) groups is 1. The molecule has 0 aliphatic heterocycles. The van der Waals surface area contributed by atoms with Crippen LogP contribution in [0.15, 0.2) is 48.5 Å². The van der Waals surface area contributed by atoms with Gasteiger partial charge >= 0.3 is 0 Å². The van der Waals surface area contributed by atoms with Crippen LogP contribution in [0.1, 0.15) is 15.9 Å². The third-order valence-corrected chi connectivity index (χ3v) is 3.09. The highest BCUT2D eigenvalue weighted by Gasteiger charge is 2.05. The van der Waals surface area contributed by atoms with E-state index in [-0.39, 0.29) is 12.4 Å². The Balaban J connectivity index is 1.84. The van der Waals surface area contributed by atoms with Gasteiger partial charge < -0.3 is 4.74 Å². The van der Waals surface area contributed by atoms with E-state index in [0.29, 0.717) is 22.2 Å². The molecule has 19 heavy (non-hydrogen) atoms. The summed E-state index contributed by atoms with van der Waals surface area (Å²) in [5, 5.41) is 1.29. The average Bonchev–Trinajstić information content (AvgIpc) is 2.41. The fourth-order valence-electron chi connectivity index (χ4n) is 1.56. The summed E-state index contributed by atoms with van der Waals surface area (Å²) in [4.78, 5) is 11.8. The van der Waals surface area contributed by atoms with Crippen molar-refractivity contribution in [2.75, 3.05) is 6.61 Å². The first-order valence-electron chi connectivity index (χ1n) is 5.76. The van der Waals surface area contributed by atoms with Crippen LogP contribution in [0.3, 0.4) is 0 Å². The molecule has 0 heterocycles. The highest BCUT2D eigenvalue weighted by molar-refractivity contribution is 6.30. The summed E-state index contributed by atoms with van der Waals surface area (Å²) < 4.78 is 5.38. The molecule has 0 saturated heterocycles. The van der Waals surface area contributed by atoms with Crippen LogP contribution in [0.5, 0.6) is 0 Å². The summed E-state index contributed by atoms with van der Waals surface area (Å²) in [5.74, 6) is -0.0642. The summed E-state index contributed by atoms with van der Waals surface area (Å²) in [6, 6.07) is 14.1. The molecule has 0 unspecified atom stereocenters. The minimum Gasteiger partial charge on any atom is -0.369 e. The molecule has 0 bridgehead atoms. The van der Waals surface area contributed by atoms with E-state index in [1.54, 1.807) is 36.4 Å². The maximum Gasteiger partial charge on any atom is 0.188 e. The van der Waals surface area contributed by atoms with Gasteiger partial charge in [-0.3, -0.25) is 4.79 Å². The molecule has 2 aromatic carbocycles. The fourth-order valence-corrected chi connectivity index (χ4v) is 1.81. The minimum atomic E-state index is -0.0642. The highest BCUT2D eigenvalue weighted by Crippen LogP contribution is 2.12. The van der Waals surface area contributed by atoms with Gasteiger partial charge in [-0.2, -0.15) is 0 Å². The zero-order valence-corrected chi connectivity index (χ0v) is 11.6. The van der Waals surface area contributed by atoms with E-state index in [1.807, 2.05) is 12.1 Å². The van der Waals surface area contributed by atoms with Gasteiger partial charge in [-0.15, -0.1) is 0 Å². The quantitative estimate of drug-likeness (QED) is 0.764. The molecule has 0 radical (unpaired) electrons. The maximum absolute atomic E-state index is 11.8. The summed E-state index contributed by atoms with van der Waals surface area (Å²) in [6.07, 6.45) is 0. The Labute approximate surface area is 121 Å². The molecule has 4 heteroatoms. The van der Waals surface area contributed by atoms with E-state index >= 15 is 0 Å². The Morgan fingerprint density at radius 2 is 1.42 bits per heavy atom. The lowest BCUT2D eigenvalue weighted by molar-refractivity contribution is 0.0726. The van der Waals surface area contributed by atoms with Crippen molar-refractivity contribution >= 4 is 29.0 Å². The largest absolute Gasteiger partial charge is 0.369 e. The van der Waals surface area contributed by atoms with Gasteiger partial charge in [0, 0.05) is 15.6 Å². The molecule has 0 spiro atoms. The Bertz CT molecular complexity index is 547. The SMILES string of the molecule is O=C(COCc1ccc(Cl)cc1)c1ccc(Cl)cc1. The van der Waals surface area contributed by atoms with Crippen LogP contribution in [-0.4, -0.2) is 12.4 Å². The number of benzene rings is 2. The van der Waals surface area contributed by atoms with Gasteiger partial charge in [0.1, 0.15) is 6.61 Å². The van der Waals surface area contributed by atoms with Crippen molar-refractivity contribution in [3.8, 4) is 0 Å². The van der Waals surface area contributed by atoms with Gasteiger partial charge in [-0.25, -0.2) is 0 Å². The third-order valence-electron chi connectivity index (χ3n) is 2.58. The second kappa shape index (κ2) is 6.71. The summed E-state index contributed by atoms with van der Waals surface area (Å²) >= 11 is 11.5. The van der Waals surface area contributed by atoms with E-state index in [2.05, 4.69) is 0 Å². The molecule has 0 N–H and O–H groups in total. The maximum atomic E-state index is 11.8. The summed E-state index contributed by atoms with van der Waals surface area (Å²) in [6.45, 7) is 0.431. The summed E-state index contributed by atoms with van der Waals surface area (Å²) in [5.41, 5.74) is 1.58. The van der Waals surface area contributed by atoms with Gasteiger partial charge in [-0.05, 0) is 42.0 Å². The molecule has 0 saturated carbocycles. The molecule has 2 aromatic rings. The van der Waals surface area contributed by atoms with Gasteiger partial charge in [0.25, 0.3) is 0 Å². The summed E-state index contributed by atoms with van der Waals surface area (Å²) in [7, 11) is 0. The van der Waals surface area contributed by atoms with Crippen LogP contribution >= 0.6 is 23.2 Å². The molecule has 0 amide bonds. The zero-order valence-electron chi connectivity index (χ0n) is 10.1. The molecule has 2 nitrogen and oxygen atoms in total. The molecule has 0 aliphatic rings. The molecular formula is C15H12Cl2O2. The van der Waals surface area contributed by atoms with Gasteiger partial charge in [-0.1, -0.05) is 35.3 Å². The van der Waals surface area contributed by atoms with Crippen LogP contribution < -0.4 is 0 Å². The number of hydrogen-bond donors (Lipinski definition) is 0. The predicted molar refractivity (Wildman–Crippen MR) is 76.9 cm³/mol. The Morgan fingerprint density at radius 1 is 0.895 bits per heavy atom. The second-order valence-electron chi connectivity index (χ2n) is 4.05. The van der Waals surface area contributed by atoms with Crippen LogP contribution in [0, 0.1) is 0 Å². The highest BCUT2D eigenvalue weighted by atomic mass is 35.5. The number of ketones is 1. The molecule has 0 atom stereocenters. The number of carbonyl (C=O) groups excluding carboxylic acids is 1. The monoisotopic (exact) mass is 294 g/mol. The van der Waals surface area contributed by atoms with Crippen molar-refractivity contribution in [2.45, 2.75) is 6.61 Å². The number of ether oxygens (including phenoxy) is 1. The van der Waals surface area contributed by atoms with Crippen LogP contribution in [-0.2, 0) is 11.3 Å². The molecule has 0 fully saturated rings. The van der Waals surface area contributed by atoms with Gasteiger partial charge in [0.2, 0.25) is 0 Å². The van der Waals surface area contributed by atoms with E-state index in [4.69, 9.17) is 27.9 Å². The molecule has 0 aliphatic carbocycles. The second-order valence-corrected chi connectivity index (χ2v) is 4.92. The Kier molecular flexibility index (Phi) is 4.97. The van der Waals surface area contributed by atoms with Crippen molar-refractivity contribution in [1.82, 2.24) is 0 Å². The minimum absolute atomic E-state index is 0.0459. The average molecular weight is 295 g/mol. The lowest BCUT2D eigenvalue weighted by Crippen LogP contribution is -2.08. The predicted octanol–water partition coefficient (Wildman–Crippen LogP) is 4.39. The molecule has 0 aromatic heterocycles. The molecule has 2 rings (SSSR count). The number of halogens is 2. The van der Waals surface area contributed by atoms with Crippen LogP contribution in [0.25, 0.3) is 0 Å². The zero-order chi connectivity index (χ0) is 13.7. The van der Waals surface area contributed by atoms with Crippen LogP contribution in [0.4, 0.5) is 0 Å². The first-order valence-corrected chi connectivity index (χ1v) is 6.52. The lowest BCUT2D eigenvalue weighted by Gasteiger charge is -2.04. The number of Topliss-reactive ketones (excluding diaryl/α,β-unsaturated/α-hetero) is 1. The first-order chi connectivity index (χ1) is 9.15. The van der Waals surface area contributed by atoms with Crippen molar-refractivity contribution in [3.05, 3.63) is 69.7 Å². The van der Waals surface area contributed by atoms with Gasteiger partial charge in [0.15, 0.2) is 5.78 Å². The normalized spacial score (nSPS) is 10.4. The number of rotatable bonds is 5. The van der Waals surface area contributed by atoms with E-state index in [1.165, 1.54) is 0 Å². The molecular weight excluding hydrogens is 283 g/mol. The first kappa shape index (κ1) is 14.1. The Hall–Kier alpha value is -1.35. The van der Waals surface area contributed by atoms with E-state index in [0.717, 1.165) is 5.56 Å². The van der Waals surface area contributed by atoms with Crippen molar-refractivity contribution in [3.63, 3.8) is 0 Å². The van der Waals surface area contributed by atoms with Crippen molar-refractivity contribution < 1.29 is 9.53 Å². The fraction of sp³-hybridized carbons (Fsp3) is 0.133. The van der Waals surface area contributed by atoms with Crippen molar-refractivity contribution in [2.24, 2.45) is 0 Å². The van der Waals surface area contributed by atoms with E-state index < -0.39 is 0 Å². The van der Waals surface area contributed by atoms with Gasteiger partial charge in [0.05, 0.1) is 6.61 Å². The van der Waals surface area contributed by atoms with E-state index in [9.17, 15) is 4.79 Å².